The van der Waals surface area contributed by atoms with Crippen molar-refractivity contribution in [2.24, 2.45) is 5.73 Å². The van der Waals surface area contributed by atoms with Crippen molar-refractivity contribution in [1.82, 2.24) is 0 Å². The molecule has 0 aromatic carbocycles. The number of hydrogen-bond donors (Lipinski definition) is 1. The Labute approximate surface area is 132 Å². The molecule has 17 heavy (non-hydrogen) atoms. The van der Waals surface area contributed by atoms with Crippen molar-refractivity contribution in [3.05, 3.63) is 0 Å². The number of unbranched alkanes of at least 4 members (excludes halogenated alkanes) is 9. The minimum absolute atomic E-state index is 0. The molecule has 0 fully saturated rings. The predicted octanol–water partition coefficient (Wildman–Crippen LogP) is 0.999. The fourth-order valence-corrected chi connectivity index (χ4v) is 1.88. The maximum atomic E-state index is 5.33. The molecule has 0 saturated heterocycles. The van der Waals surface area contributed by atoms with Gasteiger partial charge in [0.15, 0.2) is 0 Å². The van der Waals surface area contributed by atoms with Crippen LogP contribution in [0.3, 0.4) is 0 Å². The molecule has 0 spiro atoms. The zero-order valence-corrected chi connectivity index (χ0v) is 14.2. The van der Waals surface area contributed by atoms with Crippen molar-refractivity contribution < 1.29 is 35.7 Å². The zero-order chi connectivity index (χ0) is 11.9. The molecule has 0 atom stereocenters. The van der Waals surface area contributed by atoms with E-state index in [0.29, 0.717) is 6.54 Å². The first kappa shape index (κ1) is 20.2. The summed E-state index contributed by atoms with van der Waals surface area (Å²) in [5.74, 6) is 0. The van der Waals surface area contributed by atoms with Gasteiger partial charge in [-0.05, 0) is 6.42 Å². The second kappa shape index (κ2) is 19.3. The molecule has 0 aromatic heterocycles. The minimum atomic E-state index is 0. The first-order valence-corrected chi connectivity index (χ1v) is 7.19. The molecule has 0 heterocycles. The van der Waals surface area contributed by atoms with Crippen LogP contribution in [0.2, 0.25) is 0 Å². The van der Waals surface area contributed by atoms with E-state index in [1.807, 2.05) is 0 Å². The largest absolute Gasteiger partial charge is 1.00 e. The average Bonchev–Trinajstić information content (AvgIpc) is 2.31. The molecule has 0 aliphatic carbocycles. The van der Waals surface area contributed by atoms with E-state index in [-0.39, 0.29) is 31.0 Å². The van der Waals surface area contributed by atoms with Crippen molar-refractivity contribution in [3.8, 4) is 0 Å². The van der Waals surface area contributed by atoms with E-state index in [1.165, 1.54) is 64.2 Å². The standard InChI is InChI=1S/C14H31NO.Na.H/c1-2-3-4-5-6-7-8-9-10-11-13-16-14-12-15;;/h2-15H2,1H3;;/q;+1;-1. The summed E-state index contributed by atoms with van der Waals surface area (Å²) in [5, 5.41) is 0. The van der Waals surface area contributed by atoms with Gasteiger partial charge in [0.1, 0.15) is 0 Å². The molecule has 0 aliphatic heterocycles. The molecule has 100 valence electrons. The normalized spacial score (nSPS) is 10.2. The van der Waals surface area contributed by atoms with Crippen LogP contribution in [0.4, 0.5) is 0 Å². The van der Waals surface area contributed by atoms with Crippen LogP contribution in [0.1, 0.15) is 72.6 Å². The SMILES string of the molecule is CCCCCCCCCCCCOCCN.[H-].[Na+]. The number of rotatable bonds is 13. The summed E-state index contributed by atoms with van der Waals surface area (Å²) in [6.07, 6.45) is 13.8. The summed E-state index contributed by atoms with van der Waals surface area (Å²) in [6.45, 7) is 4.54. The van der Waals surface area contributed by atoms with Gasteiger partial charge in [-0.2, -0.15) is 0 Å². The van der Waals surface area contributed by atoms with E-state index in [2.05, 4.69) is 6.92 Å². The van der Waals surface area contributed by atoms with E-state index in [9.17, 15) is 0 Å². The number of hydrogen-bond acceptors (Lipinski definition) is 2. The van der Waals surface area contributed by atoms with Crippen molar-refractivity contribution >= 4 is 0 Å². The molecule has 0 saturated carbocycles. The average molecular weight is 253 g/mol. The number of ether oxygens (including phenoxy) is 1. The minimum Gasteiger partial charge on any atom is -1.00 e. The van der Waals surface area contributed by atoms with Crippen LogP contribution in [0.5, 0.6) is 0 Å². The Morgan fingerprint density at radius 1 is 0.765 bits per heavy atom. The van der Waals surface area contributed by atoms with Gasteiger partial charge < -0.3 is 11.9 Å². The van der Waals surface area contributed by atoms with Crippen LogP contribution in [-0.4, -0.2) is 19.8 Å². The molecule has 2 nitrogen and oxygen atoms in total. The zero-order valence-electron chi connectivity index (χ0n) is 13.2. The Hall–Kier alpha value is 0.920. The quantitative estimate of drug-likeness (QED) is 0.392. The molecule has 0 unspecified atom stereocenters. The molecular formula is C14H32NNaO. The van der Waals surface area contributed by atoms with Crippen LogP contribution >= 0.6 is 0 Å². The van der Waals surface area contributed by atoms with Crippen molar-refractivity contribution in [3.63, 3.8) is 0 Å². The summed E-state index contributed by atoms with van der Waals surface area (Å²) in [4.78, 5) is 0. The first-order chi connectivity index (χ1) is 7.91. The van der Waals surface area contributed by atoms with Crippen LogP contribution in [0, 0.1) is 0 Å². The monoisotopic (exact) mass is 253 g/mol. The first-order valence-electron chi connectivity index (χ1n) is 7.19. The van der Waals surface area contributed by atoms with E-state index in [0.717, 1.165) is 13.2 Å². The van der Waals surface area contributed by atoms with Gasteiger partial charge in [0, 0.05) is 13.2 Å². The molecule has 0 rings (SSSR count). The third-order valence-electron chi connectivity index (χ3n) is 2.90. The topological polar surface area (TPSA) is 35.2 Å². The van der Waals surface area contributed by atoms with Crippen LogP contribution in [-0.2, 0) is 4.74 Å². The van der Waals surface area contributed by atoms with Gasteiger partial charge in [-0.15, -0.1) is 0 Å². The van der Waals surface area contributed by atoms with Gasteiger partial charge in [-0.1, -0.05) is 64.7 Å². The summed E-state index contributed by atoms with van der Waals surface area (Å²) in [7, 11) is 0. The van der Waals surface area contributed by atoms with Crippen molar-refractivity contribution in [2.75, 3.05) is 19.8 Å². The smallest absolute Gasteiger partial charge is 1.00 e. The Morgan fingerprint density at radius 2 is 1.24 bits per heavy atom. The van der Waals surface area contributed by atoms with E-state index >= 15 is 0 Å². The molecule has 0 bridgehead atoms. The van der Waals surface area contributed by atoms with Crippen LogP contribution in [0.15, 0.2) is 0 Å². The Kier molecular flexibility index (Phi) is 22.9. The molecule has 3 heteroatoms. The summed E-state index contributed by atoms with van der Waals surface area (Å²) in [5.41, 5.74) is 5.33. The van der Waals surface area contributed by atoms with Gasteiger partial charge in [0.25, 0.3) is 0 Å². The Balaban J connectivity index is -0.00000112. The van der Waals surface area contributed by atoms with Gasteiger partial charge in [0.2, 0.25) is 0 Å². The van der Waals surface area contributed by atoms with Gasteiger partial charge in [-0.25, -0.2) is 0 Å². The summed E-state index contributed by atoms with van der Waals surface area (Å²) >= 11 is 0. The van der Waals surface area contributed by atoms with Crippen molar-refractivity contribution in [1.29, 1.82) is 0 Å². The van der Waals surface area contributed by atoms with E-state index in [1.54, 1.807) is 0 Å². The Morgan fingerprint density at radius 3 is 1.71 bits per heavy atom. The summed E-state index contributed by atoms with van der Waals surface area (Å²) in [6, 6.07) is 0. The Bertz CT molecular complexity index is 114. The third-order valence-corrected chi connectivity index (χ3v) is 2.90. The van der Waals surface area contributed by atoms with Gasteiger partial charge in [-0.3, -0.25) is 0 Å². The maximum Gasteiger partial charge on any atom is 1.00 e. The second-order valence-corrected chi connectivity index (χ2v) is 4.58. The van der Waals surface area contributed by atoms with Gasteiger partial charge >= 0.3 is 29.6 Å². The molecule has 2 N–H and O–H groups in total. The van der Waals surface area contributed by atoms with Crippen molar-refractivity contribution in [2.45, 2.75) is 71.1 Å². The maximum absolute atomic E-state index is 5.33. The molecule has 0 aliphatic rings. The number of nitrogens with two attached hydrogens (primary N) is 1. The second-order valence-electron chi connectivity index (χ2n) is 4.58. The predicted molar refractivity (Wildman–Crippen MR) is 72.8 cm³/mol. The molecule has 0 radical (unpaired) electrons. The molecular weight excluding hydrogens is 221 g/mol. The van der Waals surface area contributed by atoms with E-state index < -0.39 is 0 Å². The fraction of sp³-hybridized carbons (Fsp3) is 1.00. The summed E-state index contributed by atoms with van der Waals surface area (Å²) < 4.78 is 5.33. The van der Waals surface area contributed by atoms with Crippen LogP contribution in [0.25, 0.3) is 0 Å². The van der Waals surface area contributed by atoms with E-state index in [4.69, 9.17) is 10.5 Å². The van der Waals surface area contributed by atoms with Crippen LogP contribution < -0.4 is 35.3 Å². The third kappa shape index (κ3) is 19.4. The molecule has 0 amide bonds. The van der Waals surface area contributed by atoms with Gasteiger partial charge in [0.05, 0.1) is 6.61 Å². The molecule has 0 aromatic rings. The fourth-order valence-electron chi connectivity index (χ4n) is 1.88.